The maximum Gasteiger partial charge on any atom is 0.336 e. The van der Waals surface area contributed by atoms with Crippen LogP contribution in [0.5, 0.6) is 5.75 Å². The first kappa shape index (κ1) is 17.8. The molecule has 1 aliphatic carbocycles. The Bertz CT molecular complexity index is 856. The van der Waals surface area contributed by atoms with Gasteiger partial charge in [0.15, 0.2) is 6.10 Å². The summed E-state index contributed by atoms with van der Waals surface area (Å²) in [6.07, 6.45) is 2.94. The van der Waals surface area contributed by atoms with Crippen molar-refractivity contribution in [1.29, 1.82) is 0 Å². The van der Waals surface area contributed by atoms with Crippen molar-refractivity contribution >= 4 is 28.5 Å². The fourth-order valence-electron chi connectivity index (χ4n) is 3.11. The smallest absolute Gasteiger partial charge is 0.336 e. The minimum Gasteiger partial charge on any atom is -0.479 e. The van der Waals surface area contributed by atoms with Crippen LogP contribution in [0.1, 0.15) is 31.7 Å². The molecule has 0 saturated heterocycles. The van der Waals surface area contributed by atoms with Crippen LogP contribution in [0.3, 0.4) is 0 Å². The van der Waals surface area contributed by atoms with E-state index in [1.54, 1.807) is 31.0 Å². The quantitative estimate of drug-likeness (QED) is 0.758. The summed E-state index contributed by atoms with van der Waals surface area (Å²) < 4.78 is 11.0. The van der Waals surface area contributed by atoms with Gasteiger partial charge in [0.05, 0.1) is 5.02 Å². The van der Waals surface area contributed by atoms with Gasteiger partial charge in [-0.15, -0.1) is 0 Å². The predicted molar refractivity (Wildman–Crippen MR) is 97.3 cm³/mol. The van der Waals surface area contributed by atoms with Crippen LogP contribution >= 0.6 is 11.6 Å². The van der Waals surface area contributed by atoms with E-state index in [1.165, 1.54) is 25.3 Å². The van der Waals surface area contributed by atoms with Crippen LogP contribution in [0, 0.1) is 12.8 Å². The Hall–Kier alpha value is -2.01. The second-order valence-electron chi connectivity index (χ2n) is 6.80. The molecule has 0 N–H and O–H groups in total. The molecule has 1 unspecified atom stereocenters. The molecule has 1 aromatic carbocycles. The first-order chi connectivity index (χ1) is 11.8. The average Bonchev–Trinajstić information content (AvgIpc) is 2.51. The van der Waals surface area contributed by atoms with Crippen molar-refractivity contribution in [2.45, 2.75) is 39.2 Å². The standard InChI is InChI=1S/C19H22ClNO4/c1-11-7-18(22)25-16-9-17(15(20)8-14(11)16)24-12(2)19(23)21(3)10-13-5-4-6-13/h7-9,12-13H,4-6,10H2,1-3H3. The zero-order chi connectivity index (χ0) is 18.1. The van der Waals surface area contributed by atoms with Gasteiger partial charge in [-0.05, 0) is 44.2 Å². The van der Waals surface area contributed by atoms with Crippen LogP contribution in [-0.4, -0.2) is 30.5 Å². The number of ether oxygens (including phenoxy) is 1. The van der Waals surface area contributed by atoms with E-state index in [0.717, 1.165) is 17.5 Å². The van der Waals surface area contributed by atoms with Gasteiger partial charge in [-0.2, -0.15) is 0 Å². The van der Waals surface area contributed by atoms with E-state index in [-0.39, 0.29) is 5.91 Å². The molecule has 0 spiro atoms. The predicted octanol–water partition coefficient (Wildman–Crippen LogP) is 3.78. The van der Waals surface area contributed by atoms with Crippen LogP contribution in [-0.2, 0) is 4.79 Å². The number of hydrogen-bond acceptors (Lipinski definition) is 4. The number of fused-ring (bicyclic) bond motifs is 1. The summed E-state index contributed by atoms with van der Waals surface area (Å²) in [7, 11) is 1.80. The molecule has 0 bridgehead atoms. The molecule has 2 aromatic rings. The first-order valence-corrected chi connectivity index (χ1v) is 8.88. The summed E-state index contributed by atoms with van der Waals surface area (Å²) in [5.41, 5.74) is 0.749. The monoisotopic (exact) mass is 363 g/mol. The minimum atomic E-state index is -0.670. The molecular weight excluding hydrogens is 342 g/mol. The highest BCUT2D eigenvalue weighted by Crippen LogP contribution is 2.32. The Morgan fingerprint density at radius 3 is 2.76 bits per heavy atom. The Morgan fingerprint density at radius 2 is 2.12 bits per heavy atom. The fourth-order valence-corrected chi connectivity index (χ4v) is 3.32. The number of amides is 1. The minimum absolute atomic E-state index is 0.0891. The normalized spacial score (nSPS) is 15.7. The molecule has 1 aromatic heterocycles. The number of hydrogen-bond donors (Lipinski definition) is 0. The lowest BCUT2D eigenvalue weighted by atomic mass is 9.85. The molecule has 1 atom stereocenters. The van der Waals surface area contributed by atoms with Gasteiger partial charge in [0.2, 0.25) is 0 Å². The number of likely N-dealkylation sites (N-methyl/N-ethyl adjacent to an activating group) is 1. The Balaban J connectivity index is 1.78. The highest BCUT2D eigenvalue weighted by atomic mass is 35.5. The lowest BCUT2D eigenvalue weighted by molar-refractivity contribution is -0.137. The lowest BCUT2D eigenvalue weighted by Crippen LogP contribution is -2.41. The van der Waals surface area contributed by atoms with Crippen molar-refractivity contribution in [1.82, 2.24) is 4.90 Å². The number of aryl methyl sites for hydroxylation is 1. The second-order valence-corrected chi connectivity index (χ2v) is 7.21. The maximum atomic E-state index is 12.5. The van der Waals surface area contributed by atoms with Crippen molar-refractivity contribution in [2.75, 3.05) is 13.6 Å². The third-order valence-electron chi connectivity index (χ3n) is 4.79. The summed E-state index contributed by atoms with van der Waals surface area (Å²) in [6, 6.07) is 4.68. The topological polar surface area (TPSA) is 59.8 Å². The van der Waals surface area contributed by atoms with Crippen LogP contribution < -0.4 is 10.4 Å². The molecule has 0 aliphatic heterocycles. The highest BCUT2D eigenvalue weighted by Gasteiger charge is 2.25. The summed E-state index contributed by atoms with van der Waals surface area (Å²) in [6.45, 7) is 4.27. The molecule has 3 rings (SSSR count). The Morgan fingerprint density at radius 1 is 1.40 bits per heavy atom. The van der Waals surface area contributed by atoms with Crippen molar-refractivity contribution in [3.05, 3.63) is 39.2 Å². The zero-order valence-electron chi connectivity index (χ0n) is 14.7. The molecule has 25 heavy (non-hydrogen) atoms. The number of carbonyl (C=O) groups is 1. The molecule has 1 amide bonds. The van der Waals surface area contributed by atoms with Crippen molar-refractivity contribution in [3.63, 3.8) is 0 Å². The van der Waals surface area contributed by atoms with Gasteiger partial charge < -0.3 is 14.1 Å². The summed E-state index contributed by atoms with van der Waals surface area (Å²) in [5.74, 6) is 0.845. The van der Waals surface area contributed by atoms with E-state index >= 15 is 0 Å². The molecule has 1 saturated carbocycles. The SMILES string of the molecule is Cc1cc(=O)oc2cc(OC(C)C(=O)N(C)CC3CCC3)c(Cl)cc12. The molecule has 1 aliphatic rings. The van der Waals surface area contributed by atoms with Crippen molar-refractivity contribution < 1.29 is 13.9 Å². The summed E-state index contributed by atoms with van der Waals surface area (Å²) in [4.78, 5) is 25.8. The van der Waals surface area contributed by atoms with Crippen LogP contribution in [0.4, 0.5) is 0 Å². The van der Waals surface area contributed by atoms with Gasteiger partial charge >= 0.3 is 5.63 Å². The van der Waals surface area contributed by atoms with Gasteiger partial charge in [0.25, 0.3) is 5.91 Å². The molecule has 1 fully saturated rings. The summed E-state index contributed by atoms with van der Waals surface area (Å²) >= 11 is 6.29. The number of halogens is 1. The number of nitrogens with zero attached hydrogens (tertiary/aromatic N) is 1. The third kappa shape index (κ3) is 3.82. The van der Waals surface area contributed by atoms with Gasteiger partial charge in [0, 0.05) is 31.1 Å². The molecule has 1 heterocycles. The third-order valence-corrected chi connectivity index (χ3v) is 5.08. The first-order valence-electron chi connectivity index (χ1n) is 8.51. The molecule has 5 nitrogen and oxygen atoms in total. The van der Waals surface area contributed by atoms with E-state index in [1.807, 2.05) is 6.92 Å². The molecule has 0 radical (unpaired) electrons. The van der Waals surface area contributed by atoms with Crippen molar-refractivity contribution in [2.24, 2.45) is 5.92 Å². The van der Waals surface area contributed by atoms with Gasteiger partial charge in [0.1, 0.15) is 11.3 Å². The number of benzene rings is 1. The Kier molecular flexibility index (Phi) is 5.04. The fraction of sp³-hybridized carbons (Fsp3) is 0.474. The number of rotatable bonds is 5. The van der Waals surface area contributed by atoms with Crippen LogP contribution in [0.25, 0.3) is 11.0 Å². The largest absolute Gasteiger partial charge is 0.479 e. The Labute approximate surface area is 151 Å². The highest BCUT2D eigenvalue weighted by molar-refractivity contribution is 6.32. The molecular formula is C19H22ClNO4. The van der Waals surface area contributed by atoms with Crippen LogP contribution in [0.15, 0.2) is 27.4 Å². The molecule has 134 valence electrons. The average molecular weight is 364 g/mol. The summed E-state index contributed by atoms with van der Waals surface area (Å²) in [5, 5.41) is 1.13. The van der Waals surface area contributed by atoms with E-state index in [4.69, 9.17) is 20.8 Å². The van der Waals surface area contributed by atoms with Crippen LogP contribution in [0.2, 0.25) is 5.02 Å². The maximum absolute atomic E-state index is 12.5. The second kappa shape index (κ2) is 7.08. The van der Waals surface area contributed by atoms with Gasteiger partial charge in [-0.25, -0.2) is 4.79 Å². The number of carbonyl (C=O) groups excluding carboxylic acids is 1. The van der Waals surface area contributed by atoms with Crippen molar-refractivity contribution in [3.8, 4) is 5.75 Å². The van der Waals surface area contributed by atoms with Gasteiger partial charge in [-0.1, -0.05) is 18.0 Å². The van der Waals surface area contributed by atoms with E-state index in [9.17, 15) is 9.59 Å². The zero-order valence-corrected chi connectivity index (χ0v) is 15.4. The van der Waals surface area contributed by atoms with E-state index < -0.39 is 11.7 Å². The van der Waals surface area contributed by atoms with E-state index in [0.29, 0.717) is 22.3 Å². The lowest BCUT2D eigenvalue weighted by Gasteiger charge is -2.31. The van der Waals surface area contributed by atoms with Gasteiger partial charge in [-0.3, -0.25) is 4.79 Å². The molecule has 6 heteroatoms. The van der Waals surface area contributed by atoms with E-state index in [2.05, 4.69) is 0 Å².